The van der Waals surface area contributed by atoms with Crippen LogP contribution in [-0.4, -0.2) is 45.2 Å². The molecule has 0 amide bonds. The van der Waals surface area contributed by atoms with Crippen molar-refractivity contribution >= 4 is 11.6 Å². The summed E-state index contributed by atoms with van der Waals surface area (Å²) in [4.78, 5) is 24.3. The Hall–Kier alpha value is -0.780. The molecule has 2 unspecified atom stereocenters. The van der Waals surface area contributed by atoms with Gasteiger partial charge in [-0.15, -0.1) is 0 Å². The van der Waals surface area contributed by atoms with Crippen LogP contribution in [0.25, 0.3) is 0 Å². The first-order valence-electron chi connectivity index (χ1n) is 10.2. The minimum atomic E-state index is -1.53. The van der Waals surface area contributed by atoms with Crippen LogP contribution in [0.15, 0.2) is 0 Å². The van der Waals surface area contributed by atoms with Crippen LogP contribution in [0.3, 0.4) is 0 Å². The molecule has 0 radical (unpaired) electrons. The van der Waals surface area contributed by atoms with Crippen molar-refractivity contribution in [2.45, 2.75) is 76.9 Å². The normalized spacial score (nSPS) is 53.6. The highest BCUT2D eigenvalue weighted by atomic mass is 16.3. The summed E-state index contributed by atoms with van der Waals surface area (Å²) in [6, 6.07) is 0. The molecule has 0 aliphatic heterocycles. The van der Waals surface area contributed by atoms with E-state index in [0.717, 1.165) is 25.7 Å². The summed E-state index contributed by atoms with van der Waals surface area (Å²) in [5.41, 5.74) is -2.24. The largest absolute Gasteiger partial charge is 0.393 e. The zero-order valence-corrected chi connectivity index (χ0v) is 15.9. The molecule has 0 aromatic heterocycles. The predicted octanol–water partition coefficient (Wildman–Crippen LogP) is 1.86. The maximum atomic E-state index is 12.4. The number of aliphatic hydroxyl groups excluding tert-OH is 2. The van der Waals surface area contributed by atoms with Crippen LogP contribution in [0.2, 0.25) is 0 Å². The van der Waals surface area contributed by atoms with E-state index in [1.54, 1.807) is 0 Å². The number of fused-ring (bicyclic) bond motifs is 5. The van der Waals surface area contributed by atoms with Gasteiger partial charge in [0.15, 0.2) is 5.78 Å². The Bertz CT molecular complexity index is 632. The Kier molecular flexibility index (Phi) is 4.18. The van der Waals surface area contributed by atoms with Crippen LogP contribution < -0.4 is 0 Å². The Balaban J connectivity index is 1.70. The second-order valence-corrected chi connectivity index (χ2v) is 9.99. The summed E-state index contributed by atoms with van der Waals surface area (Å²) < 4.78 is 0. The fourth-order valence-electron chi connectivity index (χ4n) is 7.76. The minimum absolute atomic E-state index is 0.0285. The second kappa shape index (κ2) is 5.86. The van der Waals surface area contributed by atoms with Crippen LogP contribution in [0.5, 0.6) is 0 Å². The Labute approximate surface area is 155 Å². The second-order valence-electron chi connectivity index (χ2n) is 9.99. The van der Waals surface area contributed by atoms with Crippen molar-refractivity contribution in [1.29, 1.82) is 0 Å². The van der Waals surface area contributed by atoms with Crippen LogP contribution in [0.1, 0.15) is 65.2 Å². The van der Waals surface area contributed by atoms with Crippen LogP contribution in [0, 0.1) is 34.5 Å². The van der Waals surface area contributed by atoms with E-state index in [1.807, 2.05) is 6.92 Å². The number of hydrogen-bond acceptors (Lipinski definition) is 5. The first kappa shape index (κ1) is 18.6. The molecule has 0 saturated heterocycles. The molecule has 8 atom stereocenters. The quantitative estimate of drug-likeness (QED) is 0.695. The average Bonchev–Trinajstić information content (AvgIpc) is 2.86. The van der Waals surface area contributed by atoms with E-state index in [9.17, 15) is 24.9 Å². The van der Waals surface area contributed by atoms with Gasteiger partial charge in [-0.25, -0.2) is 0 Å². The molecule has 146 valence electrons. The highest BCUT2D eigenvalue weighted by molar-refractivity contribution is 5.89. The first-order chi connectivity index (χ1) is 12.2. The predicted molar refractivity (Wildman–Crippen MR) is 95.2 cm³/mol. The van der Waals surface area contributed by atoms with Crippen LogP contribution >= 0.6 is 0 Å². The van der Waals surface area contributed by atoms with Gasteiger partial charge in [0, 0.05) is 18.3 Å². The standard InChI is InChI=1S/C21H32O5/c1-19-7-5-13(23)9-12(19)3-4-14-15-6-8-21(26,17(25)11-22)20(15,2)10-16(24)18(14)19/h12,14-16,18,22,24,26H,3-11H2,1-2H3/t12?,14-,15-,16?,18+,19-,20-,21-/m0/s1. The van der Waals surface area contributed by atoms with Crippen molar-refractivity contribution in [2.24, 2.45) is 34.5 Å². The topological polar surface area (TPSA) is 94.8 Å². The first-order valence-corrected chi connectivity index (χ1v) is 10.2. The summed E-state index contributed by atoms with van der Waals surface area (Å²) >= 11 is 0. The lowest BCUT2D eigenvalue weighted by molar-refractivity contribution is -0.198. The Morgan fingerprint density at radius 2 is 1.92 bits per heavy atom. The summed E-state index contributed by atoms with van der Waals surface area (Å²) in [7, 11) is 0. The fourth-order valence-corrected chi connectivity index (χ4v) is 7.76. The lowest BCUT2D eigenvalue weighted by Crippen LogP contribution is -2.63. The highest BCUT2D eigenvalue weighted by Gasteiger charge is 2.68. The lowest BCUT2D eigenvalue weighted by atomic mass is 9.43. The molecule has 4 aliphatic carbocycles. The molecule has 5 heteroatoms. The number of ketones is 2. The molecule has 0 spiro atoms. The van der Waals surface area contributed by atoms with Gasteiger partial charge in [0.05, 0.1) is 6.10 Å². The van der Waals surface area contributed by atoms with Gasteiger partial charge in [-0.2, -0.15) is 0 Å². The van der Waals surface area contributed by atoms with Crippen molar-refractivity contribution in [2.75, 3.05) is 6.61 Å². The molecule has 4 fully saturated rings. The lowest BCUT2D eigenvalue weighted by Gasteiger charge is -2.62. The molecule has 0 aromatic carbocycles. The van der Waals surface area contributed by atoms with E-state index in [4.69, 9.17) is 0 Å². The van der Waals surface area contributed by atoms with Gasteiger partial charge < -0.3 is 15.3 Å². The summed E-state index contributed by atoms with van der Waals surface area (Å²) in [5, 5.41) is 31.8. The number of rotatable bonds is 2. The molecule has 3 N–H and O–H groups in total. The SMILES string of the molecule is C[C@]12CCC(=O)CC1CC[C@@H]1[C@@H]2C(O)C[C@@]2(C)[C@H]1CC[C@]2(O)C(=O)CO. The summed E-state index contributed by atoms with van der Waals surface area (Å²) in [5.74, 6) is 0.800. The zero-order valence-electron chi connectivity index (χ0n) is 15.9. The van der Waals surface area contributed by atoms with E-state index in [1.165, 1.54) is 0 Å². The van der Waals surface area contributed by atoms with E-state index < -0.39 is 29.5 Å². The molecule has 4 rings (SSSR count). The molecule has 4 saturated carbocycles. The van der Waals surface area contributed by atoms with E-state index in [2.05, 4.69) is 6.92 Å². The molecule has 5 nitrogen and oxygen atoms in total. The third-order valence-electron chi connectivity index (χ3n) is 9.17. The minimum Gasteiger partial charge on any atom is -0.393 e. The van der Waals surface area contributed by atoms with Crippen molar-refractivity contribution in [3.8, 4) is 0 Å². The Morgan fingerprint density at radius 3 is 2.62 bits per heavy atom. The van der Waals surface area contributed by atoms with E-state index in [0.29, 0.717) is 37.4 Å². The highest BCUT2D eigenvalue weighted by Crippen LogP contribution is 2.68. The summed E-state index contributed by atoms with van der Waals surface area (Å²) in [6.45, 7) is 3.55. The molecule has 0 bridgehead atoms. The third-order valence-corrected chi connectivity index (χ3v) is 9.17. The van der Waals surface area contributed by atoms with Gasteiger partial charge in [0.1, 0.15) is 18.0 Å². The molecular formula is C21H32O5. The zero-order chi connectivity index (χ0) is 18.9. The maximum absolute atomic E-state index is 12.4. The van der Waals surface area contributed by atoms with Gasteiger partial charge >= 0.3 is 0 Å². The monoisotopic (exact) mass is 364 g/mol. The molecule has 4 aliphatic rings. The summed E-state index contributed by atoms with van der Waals surface area (Å²) in [6.07, 6.45) is 5.02. The molecule has 0 heterocycles. The fraction of sp³-hybridized carbons (Fsp3) is 0.905. The van der Waals surface area contributed by atoms with E-state index >= 15 is 0 Å². The molecular weight excluding hydrogens is 332 g/mol. The van der Waals surface area contributed by atoms with Crippen molar-refractivity contribution in [3.05, 3.63) is 0 Å². The maximum Gasteiger partial charge on any atom is 0.190 e. The van der Waals surface area contributed by atoms with Crippen molar-refractivity contribution in [1.82, 2.24) is 0 Å². The number of Topliss-reactive ketones (excluding diaryl/α,β-unsaturated/α-hetero) is 2. The molecule has 26 heavy (non-hydrogen) atoms. The van der Waals surface area contributed by atoms with Crippen LogP contribution in [-0.2, 0) is 9.59 Å². The number of aliphatic hydroxyl groups is 3. The average molecular weight is 364 g/mol. The smallest absolute Gasteiger partial charge is 0.190 e. The van der Waals surface area contributed by atoms with Gasteiger partial charge in [-0.05, 0) is 67.6 Å². The van der Waals surface area contributed by atoms with Crippen LogP contribution in [0.4, 0.5) is 0 Å². The van der Waals surface area contributed by atoms with Gasteiger partial charge in [-0.3, -0.25) is 9.59 Å². The molecule has 0 aromatic rings. The van der Waals surface area contributed by atoms with Gasteiger partial charge in [0.25, 0.3) is 0 Å². The number of carbonyl (C=O) groups is 2. The van der Waals surface area contributed by atoms with Crippen molar-refractivity contribution in [3.63, 3.8) is 0 Å². The van der Waals surface area contributed by atoms with Gasteiger partial charge in [-0.1, -0.05) is 13.8 Å². The van der Waals surface area contributed by atoms with Crippen molar-refractivity contribution < 1.29 is 24.9 Å². The Morgan fingerprint density at radius 1 is 1.19 bits per heavy atom. The third kappa shape index (κ3) is 2.20. The van der Waals surface area contributed by atoms with E-state index in [-0.39, 0.29) is 23.2 Å². The number of carbonyl (C=O) groups excluding carboxylic acids is 2. The number of hydrogen-bond donors (Lipinski definition) is 3. The van der Waals surface area contributed by atoms with Gasteiger partial charge in [0.2, 0.25) is 0 Å².